The van der Waals surface area contributed by atoms with Gasteiger partial charge in [0.2, 0.25) is 11.7 Å². The molecule has 0 bridgehead atoms. The number of ketones is 1. The molecule has 3 rings (SSSR count). The van der Waals surface area contributed by atoms with Crippen LogP contribution in [0.25, 0.3) is 5.69 Å². The molecule has 202 valence electrons. The van der Waals surface area contributed by atoms with Crippen molar-refractivity contribution in [2.24, 2.45) is 0 Å². The molecule has 0 amide bonds. The third-order valence-corrected chi connectivity index (χ3v) is 4.67. The number of benzene rings is 1. The number of alkyl halides is 9. The number of aryl methyl sites for hydroxylation is 1. The maximum atomic E-state index is 14.3. The van der Waals surface area contributed by atoms with E-state index < -0.39 is 97.6 Å². The fourth-order valence-corrected chi connectivity index (χ4v) is 3.09. The summed E-state index contributed by atoms with van der Waals surface area (Å²) in [6.45, 7) is 0.729. The molecule has 0 aliphatic heterocycles. The second-order valence-electron chi connectivity index (χ2n) is 7.12. The first kappa shape index (κ1) is 31.0. The molecule has 0 spiro atoms. The van der Waals surface area contributed by atoms with Crippen LogP contribution >= 0.6 is 0 Å². The van der Waals surface area contributed by atoms with Crippen LogP contribution in [0.2, 0.25) is 0 Å². The van der Waals surface area contributed by atoms with Gasteiger partial charge in [0.05, 0.1) is 5.69 Å². The van der Waals surface area contributed by atoms with E-state index in [9.17, 15) is 67.0 Å². The van der Waals surface area contributed by atoms with Crippen molar-refractivity contribution in [1.29, 1.82) is 0 Å². The second kappa shape index (κ2) is 9.82. The van der Waals surface area contributed by atoms with Crippen LogP contribution in [-0.4, -0.2) is 25.7 Å². The van der Waals surface area contributed by atoms with Crippen molar-refractivity contribution in [2.45, 2.75) is 25.5 Å². The van der Waals surface area contributed by atoms with Crippen molar-refractivity contribution < 1.29 is 86.5 Å². The number of halogens is 13. The standard InChI is InChI=1S/C19H6F13N3O2.Zn/c1-4-8(15(36)5-2-6(17(24,25)26)33-7(3-5)18(27,28)29)16(37)35(34-4)14-12(22)10(20)9(19(30,31)32)11(21)13(14)23;/h2-3,37H,1H3;. The monoisotopic (exact) mass is 619 g/mol. The van der Waals surface area contributed by atoms with Gasteiger partial charge in [-0.2, -0.15) is 49.3 Å². The Morgan fingerprint density at radius 2 is 1.21 bits per heavy atom. The SMILES string of the molecule is Cc1nn(-c2c(F)c(F)c(C(F)(F)F)c(F)c2F)c(O)c1C(=O)c1cc(C(F)(F)F)nc(C(F)(F)F)c1.[Zn]. The maximum Gasteiger partial charge on any atom is 0.433 e. The number of carbonyl (C=O) groups excluding carboxylic acids is 1. The van der Waals surface area contributed by atoms with Gasteiger partial charge in [-0.05, 0) is 19.1 Å². The first-order valence-corrected chi connectivity index (χ1v) is 9.11. The molecular weight excluding hydrogens is 615 g/mol. The Balaban J connectivity index is 0.00000507. The summed E-state index contributed by atoms with van der Waals surface area (Å²) in [6, 6.07) is -0.321. The zero-order valence-corrected chi connectivity index (χ0v) is 20.9. The van der Waals surface area contributed by atoms with Crippen molar-refractivity contribution in [3.8, 4) is 11.6 Å². The van der Waals surface area contributed by atoms with Crippen LogP contribution < -0.4 is 0 Å². The number of aromatic hydroxyl groups is 1. The van der Waals surface area contributed by atoms with E-state index in [4.69, 9.17) is 0 Å². The van der Waals surface area contributed by atoms with E-state index in [2.05, 4.69) is 10.1 Å². The van der Waals surface area contributed by atoms with Gasteiger partial charge in [0.1, 0.15) is 28.2 Å². The molecule has 1 N–H and O–H groups in total. The molecule has 3 aromatic rings. The minimum absolute atomic E-state index is 0. The molecule has 1 aromatic carbocycles. The van der Waals surface area contributed by atoms with Gasteiger partial charge in [-0.25, -0.2) is 22.5 Å². The summed E-state index contributed by atoms with van der Waals surface area (Å²) in [5, 5.41) is 13.4. The molecule has 0 atom stereocenters. The van der Waals surface area contributed by atoms with Gasteiger partial charge in [-0.1, -0.05) is 0 Å². The molecule has 0 unspecified atom stereocenters. The maximum absolute atomic E-state index is 14.3. The van der Waals surface area contributed by atoms with Gasteiger partial charge in [0.25, 0.3) is 0 Å². The molecule has 38 heavy (non-hydrogen) atoms. The first-order valence-electron chi connectivity index (χ1n) is 9.11. The molecular formula is C19H6F13N3O2Zn. The zero-order chi connectivity index (χ0) is 28.4. The average Bonchev–Trinajstić information content (AvgIpc) is 3.03. The van der Waals surface area contributed by atoms with Crippen LogP contribution in [0.5, 0.6) is 5.88 Å². The Hall–Kier alpha value is -3.24. The molecule has 2 heterocycles. The van der Waals surface area contributed by atoms with Crippen LogP contribution in [-0.2, 0) is 38.0 Å². The topological polar surface area (TPSA) is 68.0 Å². The Morgan fingerprint density at radius 1 is 0.789 bits per heavy atom. The van der Waals surface area contributed by atoms with Crippen LogP contribution in [0.1, 0.15) is 38.6 Å². The van der Waals surface area contributed by atoms with Crippen molar-refractivity contribution in [3.63, 3.8) is 0 Å². The molecule has 5 nitrogen and oxygen atoms in total. The van der Waals surface area contributed by atoms with Crippen LogP contribution in [0.3, 0.4) is 0 Å². The summed E-state index contributed by atoms with van der Waals surface area (Å²) < 4.78 is 173. The summed E-state index contributed by atoms with van der Waals surface area (Å²) in [5.41, 5.74) is -13.0. The van der Waals surface area contributed by atoms with Crippen molar-refractivity contribution >= 4 is 5.78 Å². The fourth-order valence-electron chi connectivity index (χ4n) is 3.09. The largest absolute Gasteiger partial charge is 0.493 e. The minimum atomic E-state index is -5.93. The van der Waals surface area contributed by atoms with Crippen LogP contribution in [0.4, 0.5) is 57.1 Å². The molecule has 0 saturated heterocycles. The van der Waals surface area contributed by atoms with Gasteiger partial charge in [0, 0.05) is 25.0 Å². The van der Waals surface area contributed by atoms with Crippen molar-refractivity contribution in [1.82, 2.24) is 14.8 Å². The Morgan fingerprint density at radius 3 is 1.58 bits per heavy atom. The summed E-state index contributed by atoms with van der Waals surface area (Å²) in [5.74, 6) is -15.1. The molecule has 0 saturated carbocycles. The van der Waals surface area contributed by atoms with Crippen LogP contribution in [0, 0.1) is 30.2 Å². The van der Waals surface area contributed by atoms with E-state index >= 15 is 0 Å². The molecule has 19 heteroatoms. The zero-order valence-electron chi connectivity index (χ0n) is 18.0. The van der Waals surface area contributed by atoms with E-state index in [-0.39, 0.29) is 31.6 Å². The van der Waals surface area contributed by atoms with Gasteiger partial charge in [-0.3, -0.25) is 4.79 Å². The van der Waals surface area contributed by atoms with Gasteiger partial charge in [-0.15, -0.1) is 0 Å². The average molecular weight is 621 g/mol. The molecule has 0 aliphatic carbocycles. The quantitative estimate of drug-likeness (QED) is 0.166. The van der Waals surface area contributed by atoms with E-state index in [1.165, 1.54) is 0 Å². The number of pyridine rings is 1. The smallest absolute Gasteiger partial charge is 0.433 e. The number of carbonyl (C=O) groups is 1. The van der Waals surface area contributed by atoms with Crippen molar-refractivity contribution in [2.75, 3.05) is 0 Å². The van der Waals surface area contributed by atoms with E-state index in [0.717, 1.165) is 6.92 Å². The minimum Gasteiger partial charge on any atom is -0.493 e. The third kappa shape index (κ3) is 5.33. The summed E-state index contributed by atoms with van der Waals surface area (Å²) in [4.78, 5) is 15.1. The normalized spacial score (nSPS) is 12.5. The van der Waals surface area contributed by atoms with Gasteiger partial charge < -0.3 is 5.11 Å². The van der Waals surface area contributed by atoms with Gasteiger partial charge >= 0.3 is 18.5 Å². The number of hydrogen-bond acceptors (Lipinski definition) is 4. The predicted octanol–water partition coefficient (Wildman–Crippen LogP) is 6.12. The molecule has 0 fully saturated rings. The Labute approximate surface area is 213 Å². The summed E-state index contributed by atoms with van der Waals surface area (Å²) >= 11 is 0. The molecule has 2 aromatic heterocycles. The number of hydrogen-bond donors (Lipinski definition) is 1. The molecule has 0 radical (unpaired) electrons. The second-order valence-corrected chi connectivity index (χ2v) is 7.12. The van der Waals surface area contributed by atoms with Crippen LogP contribution in [0.15, 0.2) is 12.1 Å². The summed E-state index contributed by atoms with van der Waals surface area (Å²) in [6.07, 6.45) is -16.9. The molecule has 0 aliphatic rings. The van der Waals surface area contributed by atoms with Crippen molar-refractivity contribution in [3.05, 3.63) is 69.2 Å². The number of nitrogens with zero attached hydrogens (tertiary/aromatic N) is 3. The Bertz CT molecular complexity index is 1360. The fraction of sp³-hybridized carbons (Fsp3) is 0.211. The number of aromatic nitrogens is 3. The van der Waals surface area contributed by atoms with E-state index in [1.54, 1.807) is 0 Å². The van der Waals surface area contributed by atoms with E-state index in [0.29, 0.717) is 0 Å². The third-order valence-electron chi connectivity index (χ3n) is 4.67. The van der Waals surface area contributed by atoms with E-state index in [1.807, 2.05) is 0 Å². The first-order chi connectivity index (χ1) is 16.7. The predicted molar refractivity (Wildman–Crippen MR) is 92.5 cm³/mol. The number of rotatable bonds is 3. The Kier molecular flexibility index (Phi) is 8.00. The summed E-state index contributed by atoms with van der Waals surface area (Å²) in [7, 11) is 0. The van der Waals surface area contributed by atoms with Gasteiger partial charge in [0.15, 0.2) is 23.3 Å².